The molecule has 0 saturated carbocycles. The van der Waals surface area contributed by atoms with Gasteiger partial charge in [0.05, 0.1) is 12.0 Å². The van der Waals surface area contributed by atoms with Crippen LogP contribution in [0, 0.1) is 24.0 Å². The maximum Gasteiger partial charge on any atom is 0.387 e. The lowest BCUT2D eigenvalue weighted by Crippen LogP contribution is -2.20. The number of nitrogens with one attached hydrogen (secondary N) is 1. The summed E-state index contributed by atoms with van der Waals surface area (Å²) in [5, 5.41) is 13.5. The molecule has 0 aliphatic heterocycles. The van der Waals surface area contributed by atoms with E-state index in [2.05, 4.69) is 10.1 Å². The molecule has 0 bridgehead atoms. The largest absolute Gasteiger partial charge is 0.493 e. The van der Waals surface area contributed by atoms with Gasteiger partial charge in [0.15, 0.2) is 18.1 Å². The standard InChI is InChI=1S/C21H20F2N2O7/c1-12-8-15(16(25(28)29)9-13(12)2)24-19(26)11-31-20(27)7-5-14-4-6-17(32-21(22)23)18(10-14)30-3/h4-10,21H,11H2,1-3H3,(H,24,26). The molecule has 1 amide bonds. The average Bonchev–Trinajstić information content (AvgIpc) is 2.73. The number of nitrogens with zero attached hydrogens (tertiary/aromatic N) is 1. The van der Waals surface area contributed by atoms with Gasteiger partial charge in [0.1, 0.15) is 5.69 Å². The smallest absolute Gasteiger partial charge is 0.387 e. The SMILES string of the molecule is COc1cc(C=CC(=O)OCC(=O)Nc2cc(C)c(C)cc2[N+](=O)[O-])ccc1OC(F)F. The molecule has 9 nitrogen and oxygen atoms in total. The minimum atomic E-state index is -3.02. The summed E-state index contributed by atoms with van der Waals surface area (Å²) in [4.78, 5) is 34.5. The number of carbonyl (C=O) groups excluding carboxylic acids is 2. The Morgan fingerprint density at radius 1 is 1.16 bits per heavy atom. The van der Waals surface area contributed by atoms with Crippen molar-refractivity contribution in [2.45, 2.75) is 20.5 Å². The van der Waals surface area contributed by atoms with Crippen molar-refractivity contribution >= 4 is 29.3 Å². The highest BCUT2D eigenvalue weighted by Gasteiger charge is 2.18. The Kier molecular flexibility index (Phi) is 8.22. The van der Waals surface area contributed by atoms with Gasteiger partial charge in [0.25, 0.3) is 11.6 Å². The highest BCUT2D eigenvalue weighted by Crippen LogP contribution is 2.30. The van der Waals surface area contributed by atoms with Crippen LogP contribution in [-0.2, 0) is 14.3 Å². The Balaban J connectivity index is 1.97. The lowest BCUT2D eigenvalue weighted by atomic mass is 10.1. The van der Waals surface area contributed by atoms with Crippen LogP contribution in [0.3, 0.4) is 0 Å². The predicted octanol–water partition coefficient (Wildman–Crippen LogP) is 4.02. The molecule has 0 saturated heterocycles. The molecule has 0 heterocycles. The van der Waals surface area contributed by atoms with Crippen LogP contribution in [0.15, 0.2) is 36.4 Å². The van der Waals surface area contributed by atoms with Gasteiger partial charge in [0, 0.05) is 12.1 Å². The normalized spacial score (nSPS) is 10.8. The molecule has 0 aliphatic carbocycles. The van der Waals surface area contributed by atoms with Crippen molar-refractivity contribution in [1.82, 2.24) is 0 Å². The quantitative estimate of drug-likeness (QED) is 0.265. The van der Waals surface area contributed by atoms with Gasteiger partial charge >= 0.3 is 12.6 Å². The fourth-order valence-electron chi connectivity index (χ4n) is 2.57. The molecule has 0 aliphatic rings. The molecule has 11 heteroatoms. The molecule has 2 rings (SSSR count). The van der Waals surface area contributed by atoms with Gasteiger partial charge in [-0.1, -0.05) is 6.07 Å². The second-order valence-corrected chi connectivity index (χ2v) is 6.49. The summed E-state index contributed by atoms with van der Waals surface area (Å²) < 4.78 is 38.8. The first-order chi connectivity index (χ1) is 15.1. The van der Waals surface area contributed by atoms with E-state index in [4.69, 9.17) is 9.47 Å². The van der Waals surface area contributed by atoms with E-state index in [0.29, 0.717) is 11.1 Å². The van der Waals surface area contributed by atoms with E-state index in [1.165, 1.54) is 43.5 Å². The van der Waals surface area contributed by atoms with Gasteiger partial charge < -0.3 is 19.5 Å². The van der Waals surface area contributed by atoms with E-state index >= 15 is 0 Å². The van der Waals surface area contributed by atoms with Gasteiger partial charge in [-0.3, -0.25) is 14.9 Å². The molecule has 1 N–H and O–H groups in total. The highest BCUT2D eigenvalue weighted by molar-refractivity contribution is 5.96. The van der Waals surface area contributed by atoms with Gasteiger partial charge in [-0.15, -0.1) is 0 Å². The molecule has 32 heavy (non-hydrogen) atoms. The van der Waals surface area contributed by atoms with Crippen molar-refractivity contribution in [2.75, 3.05) is 19.0 Å². The number of rotatable bonds is 9. The summed E-state index contributed by atoms with van der Waals surface area (Å²) in [6.07, 6.45) is 2.34. The Bertz CT molecular complexity index is 1050. The third kappa shape index (κ3) is 6.76. The number of aryl methyl sites for hydroxylation is 2. The van der Waals surface area contributed by atoms with E-state index in [9.17, 15) is 28.5 Å². The number of methoxy groups -OCH3 is 1. The number of hydrogen-bond acceptors (Lipinski definition) is 7. The van der Waals surface area contributed by atoms with Gasteiger partial charge in [-0.2, -0.15) is 8.78 Å². The second kappa shape index (κ2) is 10.8. The van der Waals surface area contributed by atoms with Crippen LogP contribution in [0.4, 0.5) is 20.2 Å². The molecule has 0 fully saturated rings. The first-order valence-electron chi connectivity index (χ1n) is 9.14. The van der Waals surface area contributed by atoms with Gasteiger partial charge in [0.2, 0.25) is 0 Å². The van der Waals surface area contributed by atoms with Crippen LogP contribution in [0.2, 0.25) is 0 Å². The van der Waals surface area contributed by atoms with E-state index < -0.39 is 30.0 Å². The van der Waals surface area contributed by atoms with E-state index in [-0.39, 0.29) is 22.9 Å². The first-order valence-corrected chi connectivity index (χ1v) is 9.14. The topological polar surface area (TPSA) is 117 Å². The minimum Gasteiger partial charge on any atom is -0.493 e. The lowest BCUT2D eigenvalue weighted by molar-refractivity contribution is -0.384. The molecule has 170 valence electrons. The molecular formula is C21H20F2N2O7. The zero-order valence-corrected chi connectivity index (χ0v) is 17.4. The van der Waals surface area contributed by atoms with Crippen LogP contribution in [0.5, 0.6) is 11.5 Å². The van der Waals surface area contributed by atoms with E-state index in [1.54, 1.807) is 13.8 Å². The number of amides is 1. The van der Waals surface area contributed by atoms with Crippen LogP contribution in [0.1, 0.15) is 16.7 Å². The molecule has 2 aromatic rings. The van der Waals surface area contributed by atoms with Gasteiger partial charge in [-0.05, 0) is 54.8 Å². The maximum absolute atomic E-state index is 12.4. The summed E-state index contributed by atoms with van der Waals surface area (Å²) in [6.45, 7) is -0.244. The molecule has 2 aromatic carbocycles. The number of benzene rings is 2. The van der Waals surface area contributed by atoms with Crippen LogP contribution >= 0.6 is 0 Å². The first kappa shape index (κ1) is 24.3. The predicted molar refractivity (Wildman–Crippen MR) is 111 cm³/mol. The van der Waals surface area contributed by atoms with Crippen LogP contribution in [-0.4, -0.2) is 37.1 Å². The molecule has 0 atom stereocenters. The highest BCUT2D eigenvalue weighted by atomic mass is 19.3. The number of nitro benzene ring substituents is 1. The maximum atomic E-state index is 12.4. The zero-order valence-electron chi connectivity index (χ0n) is 17.4. The second-order valence-electron chi connectivity index (χ2n) is 6.49. The van der Waals surface area contributed by atoms with Gasteiger partial charge in [-0.25, -0.2) is 4.79 Å². The summed E-state index contributed by atoms with van der Waals surface area (Å²) in [5.41, 5.74) is 1.58. The monoisotopic (exact) mass is 450 g/mol. The fourth-order valence-corrected chi connectivity index (χ4v) is 2.57. The number of esters is 1. The van der Waals surface area contributed by atoms with Crippen molar-refractivity contribution < 1.29 is 37.5 Å². The van der Waals surface area contributed by atoms with Crippen LogP contribution in [0.25, 0.3) is 6.08 Å². The lowest BCUT2D eigenvalue weighted by Gasteiger charge is -2.10. The Morgan fingerprint density at radius 3 is 2.47 bits per heavy atom. The van der Waals surface area contributed by atoms with Crippen LogP contribution < -0.4 is 14.8 Å². The minimum absolute atomic E-state index is 0.00658. The summed E-state index contributed by atoms with van der Waals surface area (Å²) in [7, 11) is 1.27. The molecule has 0 aromatic heterocycles. The summed E-state index contributed by atoms with van der Waals surface area (Å²) in [5.74, 6) is -1.75. The number of nitro groups is 1. The van der Waals surface area contributed by atoms with Crippen molar-refractivity contribution in [3.05, 3.63) is 63.2 Å². The number of hydrogen-bond donors (Lipinski definition) is 1. The van der Waals surface area contributed by atoms with Crippen molar-refractivity contribution in [3.63, 3.8) is 0 Å². The number of alkyl halides is 2. The van der Waals surface area contributed by atoms with Crippen molar-refractivity contribution in [1.29, 1.82) is 0 Å². The molecule has 0 spiro atoms. The zero-order chi connectivity index (χ0) is 23.8. The van der Waals surface area contributed by atoms with Crippen molar-refractivity contribution in [3.8, 4) is 11.5 Å². The Morgan fingerprint density at radius 2 is 1.84 bits per heavy atom. The summed E-state index contributed by atoms with van der Waals surface area (Å²) in [6, 6.07) is 6.83. The molecular weight excluding hydrogens is 430 g/mol. The summed E-state index contributed by atoms with van der Waals surface area (Å²) >= 11 is 0. The van der Waals surface area contributed by atoms with E-state index in [0.717, 1.165) is 11.6 Å². The fraction of sp³-hybridized carbons (Fsp3) is 0.238. The molecule has 0 unspecified atom stereocenters. The number of halogens is 2. The Hall–Kier alpha value is -4.02. The number of ether oxygens (including phenoxy) is 3. The number of anilines is 1. The third-order valence-corrected chi connectivity index (χ3v) is 4.24. The number of carbonyl (C=O) groups is 2. The molecule has 0 radical (unpaired) electrons. The van der Waals surface area contributed by atoms with E-state index in [1.807, 2.05) is 0 Å². The van der Waals surface area contributed by atoms with Crippen molar-refractivity contribution in [2.24, 2.45) is 0 Å². The third-order valence-electron chi connectivity index (χ3n) is 4.24. The Labute approximate surface area is 181 Å². The average molecular weight is 450 g/mol.